The summed E-state index contributed by atoms with van der Waals surface area (Å²) in [6, 6.07) is -1.01. The Morgan fingerprint density at radius 2 is 2.35 bits per heavy atom. The highest BCUT2D eigenvalue weighted by Gasteiger charge is 2.14. The number of aromatic nitrogens is 2. The molecule has 2 atom stereocenters. The molecule has 0 fully saturated rings. The number of aliphatic hydroxyl groups excluding tert-OH is 2. The highest BCUT2D eigenvalue weighted by Crippen LogP contribution is 1.99. The molecule has 0 amide bonds. The van der Waals surface area contributed by atoms with E-state index < -0.39 is 24.7 Å². The first-order chi connectivity index (χ1) is 8.02. The summed E-state index contributed by atoms with van der Waals surface area (Å²) in [7, 11) is 0. The van der Waals surface area contributed by atoms with Crippen LogP contribution in [0.1, 0.15) is 5.69 Å². The minimum absolute atomic E-state index is 0.0860. The summed E-state index contributed by atoms with van der Waals surface area (Å²) in [5.74, 6) is -1.10. The molecule has 0 bridgehead atoms. The van der Waals surface area contributed by atoms with Gasteiger partial charge >= 0.3 is 5.97 Å². The highest BCUT2D eigenvalue weighted by atomic mass is 16.7. The van der Waals surface area contributed by atoms with Crippen molar-refractivity contribution in [1.82, 2.24) is 9.71 Å². The second-order valence-corrected chi connectivity index (χ2v) is 3.51. The Bertz CT molecular complexity index is 367. The van der Waals surface area contributed by atoms with Crippen molar-refractivity contribution < 1.29 is 25.0 Å². The Morgan fingerprint density at radius 3 is 2.94 bits per heavy atom. The number of carbonyl (C=O) groups is 1. The number of nitrogens with two attached hydrogens (primary N) is 1. The molecule has 1 rings (SSSR count). The average Bonchev–Trinajstić information content (AvgIpc) is 2.73. The minimum Gasteiger partial charge on any atom is -0.480 e. The Hall–Kier alpha value is -1.64. The van der Waals surface area contributed by atoms with Crippen LogP contribution in [-0.4, -0.2) is 56.4 Å². The first-order valence-electron chi connectivity index (χ1n) is 4.96. The van der Waals surface area contributed by atoms with Gasteiger partial charge in [-0.25, -0.2) is 4.98 Å². The molecular weight excluding hydrogens is 230 g/mol. The van der Waals surface area contributed by atoms with E-state index in [4.69, 9.17) is 25.9 Å². The Morgan fingerprint density at radius 1 is 1.65 bits per heavy atom. The molecule has 8 nitrogen and oxygen atoms in total. The molecule has 1 heterocycles. The molecule has 1 aromatic rings. The summed E-state index contributed by atoms with van der Waals surface area (Å²) in [4.78, 5) is 19.4. The van der Waals surface area contributed by atoms with E-state index >= 15 is 0 Å². The fraction of sp³-hybridized carbons (Fsp3) is 0.556. The van der Waals surface area contributed by atoms with Crippen molar-refractivity contribution in [3.05, 3.63) is 18.2 Å². The molecule has 0 saturated carbocycles. The second-order valence-electron chi connectivity index (χ2n) is 3.51. The van der Waals surface area contributed by atoms with Crippen LogP contribution in [-0.2, 0) is 11.2 Å². The summed E-state index contributed by atoms with van der Waals surface area (Å²) in [6.45, 7) is -0.483. The van der Waals surface area contributed by atoms with Crippen molar-refractivity contribution in [2.24, 2.45) is 5.73 Å². The number of imidazole rings is 1. The Kier molecular flexibility index (Phi) is 4.88. The van der Waals surface area contributed by atoms with Crippen molar-refractivity contribution in [3.63, 3.8) is 0 Å². The lowest BCUT2D eigenvalue weighted by Crippen LogP contribution is -2.32. The molecule has 0 spiro atoms. The predicted octanol–water partition coefficient (Wildman–Crippen LogP) is -2.38. The fourth-order valence-electron chi connectivity index (χ4n) is 1.06. The molecule has 0 radical (unpaired) electrons. The highest BCUT2D eigenvalue weighted by molar-refractivity contribution is 5.73. The topological polar surface area (TPSA) is 131 Å². The molecule has 0 aliphatic rings. The number of nitrogens with zero attached hydrogens (tertiary/aromatic N) is 2. The molecule has 17 heavy (non-hydrogen) atoms. The number of hydrogen-bond donors (Lipinski definition) is 4. The normalized spacial score (nSPS) is 14.3. The molecule has 0 aromatic carbocycles. The third-order valence-corrected chi connectivity index (χ3v) is 1.99. The Balaban J connectivity index is 2.45. The molecule has 96 valence electrons. The zero-order chi connectivity index (χ0) is 12.8. The second kappa shape index (κ2) is 6.18. The molecule has 1 aromatic heterocycles. The maximum absolute atomic E-state index is 10.5. The standard InChI is InChI=1S/C9H15N3O5/c10-8(9(15)16)1-6-2-12(5-11-6)17-4-7(14)3-13/h2,5,7-8,13-14H,1,3-4,10H2,(H,15,16)/t7?,8-/m0/s1. The van der Waals surface area contributed by atoms with Crippen molar-refractivity contribution in [1.29, 1.82) is 0 Å². The zero-order valence-corrected chi connectivity index (χ0v) is 9.06. The summed E-state index contributed by atoms with van der Waals surface area (Å²) < 4.78 is 1.22. The molecule has 8 heteroatoms. The van der Waals surface area contributed by atoms with Crippen molar-refractivity contribution in [2.45, 2.75) is 18.6 Å². The smallest absolute Gasteiger partial charge is 0.320 e. The van der Waals surface area contributed by atoms with Crippen LogP contribution in [0.5, 0.6) is 0 Å². The van der Waals surface area contributed by atoms with Crippen LogP contribution in [0.2, 0.25) is 0 Å². The van der Waals surface area contributed by atoms with E-state index in [1.807, 2.05) is 0 Å². The van der Waals surface area contributed by atoms with Gasteiger partial charge in [0.05, 0.1) is 18.5 Å². The van der Waals surface area contributed by atoms with Gasteiger partial charge < -0.3 is 25.9 Å². The maximum Gasteiger partial charge on any atom is 0.320 e. The molecule has 0 saturated heterocycles. The molecular formula is C9H15N3O5. The fourth-order valence-corrected chi connectivity index (χ4v) is 1.06. The van der Waals surface area contributed by atoms with Gasteiger partial charge in [0.25, 0.3) is 0 Å². The van der Waals surface area contributed by atoms with E-state index in [2.05, 4.69) is 4.98 Å². The van der Waals surface area contributed by atoms with Crippen LogP contribution in [0.4, 0.5) is 0 Å². The summed E-state index contributed by atoms with van der Waals surface area (Å²) in [5.41, 5.74) is 5.81. The van der Waals surface area contributed by atoms with Gasteiger partial charge in [-0.1, -0.05) is 0 Å². The van der Waals surface area contributed by atoms with E-state index in [9.17, 15) is 4.79 Å². The molecule has 5 N–H and O–H groups in total. The summed E-state index contributed by atoms with van der Waals surface area (Å²) >= 11 is 0. The number of carboxylic acids is 1. The first kappa shape index (κ1) is 13.4. The number of rotatable bonds is 7. The summed E-state index contributed by atoms with van der Waals surface area (Å²) in [5, 5.41) is 26.2. The molecule has 0 aliphatic heterocycles. The SMILES string of the molecule is N[C@@H](Cc1cn(OCC(O)CO)cn1)C(=O)O. The van der Waals surface area contributed by atoms with Gasteiger partial charge in [-0.2, -0.15) is 4.73 Å². The number of hydrogen-bond acceptors (Lipinski definition) is 6. The van der Waals surface area contributed by atoms with E-state index in [0.717, 1.165) is 0 Å². The lowest BCUT2D eigenvalue weighted by Gasteiger charge is -2.08. The largest absolute Gasteiger partial charge is 0.480 e. The lowest BCUT2D eigenvalue weighted by atomic mass is 10.2. The van der Waals surface area contributed by atoms with Gasteiger partial charge in [-0.3, -0.25) is 4.79 Å². The molecule has 0 aliphatic carbocycles. The monoisotopic (exact) mass is 245 g/mol. The van der Waals surface area contributed by atoms with E-state index in [1.54, 1.807) is 0 Å². The van der Waals surface area contributed by atoms with Crippen molar-refractivity contribution in [2.75, 3.05) is 13.2 Å². The summed E-state index contributed by atoms with van der Waals surface area (Å²) in [6.07, 6.45) is 1.91. The van der Waals surface area contributed by atoms with Gasteiger partial charge in [0.2, 0.25) is 0 Å². The van der Waals surface area contributed by atoms with Gasteiger partial charge in [0.1, 0.15) is 25.1 Å². The average molecular weight is 245 g/mol. The molecule has 1 unspecified atom stereocenters. The number of carboxylic acid groups (broad SMARTS) is 1. The van der Waals surface area contributed by atoms with Crippen molar-refractivity contribution in [3.8, 4) is 0 Å². The minimum atomic E-state index is -1.10. The van der Waals surface area contributed by atoms with E-state index in [0.29, 0.717) is 5.69 Å². The van der Waals surface area contributed by atoms with Gasteiger partial charge in [0.15, 0.2) is 0 Å². The third-order valence-electron chi connectivity index (χ3n) is 1.99. The Labute approximate surface area is 97.2 Å². The van der Waals surface area contributed by atoms with Crippen LogP contribution in [0.3, 0.4) is 0 Å². The predicted molar refractivity (Wildman–Crippen MR) is 56.1 cm³/mol. The van der Waals surface area contributed by atoms with Crippen LogP contribution in [0.25, 0.3) is 0 Å². The van der Waals surface area contributed by atoms with Crippen LogP contribution < -0.4 is 10.6 Å². The first-order valence-corrected chi connectivity index (χ1v) is 4.96. The van der Waals surface area contributed by atoms with Crippen LogP contribution >= 0.6 is 0 Å². The maximum atomic E-state index is 10.5. The van der Waals surface area contributed by atoms with Crippen molar-refractivity contribution >= 4 is 5.97 Å². The number of aliphatic hydroxyl groups is 2. The third kappa shape index (κ3) is 4.39. The van der Waals surface area contributed by atoms with E-state index in [1.165, 1.54) is 17.3 Å². The zero-order valence-electron chi connectivity index (χ0n) is 9.06. The van der Waals surface area contributed by atoms with Crippen LogP contribution in [0.15, 0.2) is 12.5 Å². The van der Waals surface area contributed by atoms with Crippen LogP contribution in [0, 0.1) is 0 Å². The lowest BCUT2D eigenvalue weighted by molar-refractivity contribution is -0.138. The quantitative estimate of drug-likeness (QED) is 0.422. The number of aliphatic carboxylic acids is 1. The van der Waals surface area contributed by atoms with Gasteiger partial charge in [0, 0.05) is 6.42 Å². The van der Waals surface area contributed by atoms with Gasteiger partial charge in [-0.15, -0.1) is 0 Å². The van der Waals surface area contributed by atoms with Gasteiger partial charge in [-0.05, 0) is 0 Å². The van der Waals surface area contributed by atoms with E-state index in [-0.39, 0.29) is 13.0 Å².